The normalized spacial score (nSPS) is 10.6. The van der Waals surface area contributed by atoms with Gasteiger partial charge in [0.1, 0.15) is 12.4 Å². The molecule has 0 heterocycles. The zero-order chi connectivity index (χ0) is 16.7. The van der Waals surface area contributed by atoms with Crippen molar-refractivity contribution in [1.82, 2.24) is 5.32 Å². The van der Waals surface area contributed by atoms with Crippen LogP contribution in [0.15, 0.2) is 40.9 Å². The Labute approximate surface area is 144 Å². The summed E-state index contributed by atoms with van der Waals surface area (Å²) in [5, 5.41) is 3.30. The minimum atomic E-state index is -0.251. The molecular weight excluding hydrogens is 361 g/mol. The minimum absolute atomic E-state index is 0.251. The highest BCUT2D eigenvalue weighted by atomic mass is 79.9. The van der Waals surface area contributed by atoms with Crippen LogP contribution in [0.2, 0.25) is 0 Å². The lowest BCUT2D eigenvalue weighted by molar-refractivity contribution is 0.268. The molecule has 2 rings (SSSR count). The lowest BCUT2D eigenvalue weighted by atomic mass is 10.2. The first kappa shape index (κ1) is 17.8. The van der Waals surface area contributed by atoms with Gasteiger partial charge in [0.05, 0.1) is 6.61 Å². The average Bonchev–Trinajstić information content (AvgIpc) is 2.55. The van der Waals surface area contributed by atoms with Crippen molar-refractivity contribution < 1.29 is 13.9 Å². The van der Waals surface area contributed by atoms with Crippen molar-refractivity contribution in [2.24, 2.45) is 0 Å². The molecule has 0 radical (unpaired) electrons. The van der Waals surface area contributed by atoms with Crippen LogP contribution in [0.5, 0.6) is 11.5 Å². The molecule has 0 fully saturated rings. The van der Waals surface area contributed by atoms with Gasteiger partial charge in [0, 0.05) is 11.0 Å². The largest absolute Gasteiger partial charge is 0.490 e. The van der Waals surface area contributed by atoms with Crippen LogP contribution in [0.3, 0.4) is 0 Å². The van der Waals surface area contributed by atoms with Crippen LogP contribution in [0.4, 0.5) is 4.39 Å². The summed E-state index contributed by atoms with van der Waals surface area (Å²) in [7, 11) is 0. The summed E-state index contributed by atoms with van der Waals surface area (Å²) >= 11 is 3.57. The molecule has 3 nitrogen and oxygen atoms in total. The van der Waals surface area contributed by atoms with Gasteiger partial charge in [-0.2, -0.15) is 0 Å². The van der Waals surface area contributed by atoms with Gasteiger partial charge in [-0.05, 0) is 48.9 Å². The molecule has 0 bridgehead atoms. The molecule has 0 aliphatic rings. The van der Waals surface area contributed by atoms with E-state index >= 15 is 0 Å². The molecule has 0 aliphatic heterocycles. The second-order valence-electron chi connectivity index (χ2n) is 5.02. The molecule has 5 heteroatoms. The maximum Gasteiger partial charge on any atom is 0.162 e. The van der Waals surface area contributed by atoms with Crippen molar-refractivity contribution in [3.05, 3.63) is 57.8 Å². The number of rotatable bonds is 8. The Morgan fingerprint density at radius 2 is 1.74 bits per heavy atom. The van der Waals surface area contributed by atoms with Gasteiger partial charge in [-0.15, -0.1) is 0 Å². The second kappa shape index (κ2) is 8.89. The van der Waals surface area contributed by atoms with Crippen molar-refractivity contribution in [1.29, 1.82) is 0 Å². The van der Waals surface area contributed by atoms with Gasteiger partial charge in [-0.1, -0.05) is 35.0 Å². The van der Waals surface area contributed by atoms with Crippen LogP contribution < -0.4 is 14.8 Å². The van der Waals surface area contributed by atoms with Gasteiger partial charge in [0.2, 0.25) is 0 Å². The zero-order valence-electron chi connectivity index (χ0n) is 13.4. The fourth-order valence-electron chi connectivity index (χ4n) is 2.10. The first-order chi connectivity index (χ1) is 11.1. The summed E-state index contributed by atoms with van der Waals surface area (Å²) in [6, 6.07) is 10.2. The summed E-state index contributed by atoms with van der Waals surface area (Å²) in [6.45, 7) is 6.59. The maximum atomic E-state index is 12.9. The number of halogens is 2. The van der Waals surface area contributed by atoms with Crippen LogP contribution >= 0.6 is 15.9 Å². The fourth-order valence-corrected chi connectivity index (χ4v) is 2.56. The second-order valence-corrected chi connectivity index (χ2v) is 5.87. The van der Waals surface area contributed by atoms with Gasteiger partial charge in [-0.3, -0.25) is 0 Å². The number of hydrogen-bond acceptors (Lipinski definition) is 3. The molecule has 23 heavy (non-hydrogen) atoms. The zero-order valence-corrected chi connectivity index (χ0v) is 15.0. The van der Waals surface area contributed by atoms with E-state index in [-0.39, 0.29) is 5.82 Å². The molecule has 124 valence electrons. The molecule has 0 aliphatic carbocycles. The van der Waals surface area contributed by atoms with E-state index in [1.807, 2.05) is 19.1 Å². The van der Waals surface area contributed by atoms with Crippen LogP contribution in [0, 0.1) is 5.82 Å². The summed E-state index contributed by atoms with van der Waals surface area (Å²) in [6.07, 6.45) is 0. The SMILES string of the molecule is CCNCc1cc(OCC)c(OCc2ccc(F)cc2)cc1Br. The highest BCUT2D eigenvalue weighted by Crippen LogP contribution is 2.34. The molecule has 0 saturated carbocycles. The smallest absolute Gasteiger partial charge is 0.162 e. The number of benzene rings is 2. The Bertz CT molecular complexity index is 632. The standard InChI is InChI=1S/C18H21BrFNO2/c1-3-21-11-14-9-17(22-4-2)18(10-16(14)19)23-12-13-5-7-15(20)8-6-13/h5-10,21H,3-4,11-12H2,1-2H3. The minimum Gasteiger partial charge on any atom is -0.490 e. The monoisotopic (exact) mass is 381 g/mol. The Kier molecular flexibility index (Phi) is 6.86. The van der Waals surface area contributed by atoms with Crippen molar-refractivity contribution in [2.75, 3.05) is 13.2 Å². The lowest BCUT2D eigenvalue weighted by Gasteiger charge is -2.15. The molecule has 2 aromatic rings. The van der Waals surface area contributed by atoms with Gasteiger partial charge in [0.25, 0.3) is 0 Å². The highest BCUT2D eigenvalue weighted by Gasteiger charge is 2.11. The Balaban J connectivity index is 2.15. The molecule has 0 spiro atoms. The van der Waals surface area contributed by atoms with Crippen LogP contribution in [-0.4, -0.2) is 13.2 Å². The molecule has 0 aromatic heterocycles. The third-order valence-corrected chi connectivity index (χ3v) is 4.02. The topological polar surface area (TPSA) is 30.5 Å². The molecule has 2 aromatic carbocycles. The third-order valence-electron chi connectivity index (χ3n) is 3.29. The number of ether oxygens (including phenoxy) is 2. The lowest BCUT2D eigenvalue weighted by Crippen LogP contribution is -2.12. The van der Waals surface area contributed by atoms with E-state index in [2.05, 4.69) is 28.2 Å². The Morgan fingerprint density at radius 1 is 1.04 bits per heavy atom. The molecular formula is C18H21BrFNO2. The number of hydrogen-bond donors (Lipinski definition) is 1. The van der Waals surface area contributed by atoms with E-state index in [1.165, 1.54) is 12.1 Å². The summed E-state index contributed by atoms with van der Waals surface area (Å²) in [4.78, 5) is 0. The van der Waals surface area contributed by atoms with Crippen LogP contribution in [0.25, 0.3) is 0 Å². The van der Waals surface area contributed by atoms with E-state index in [4.69, 9.17) is 9.47 Å². The molecule has 0 saturated heterocycles. The van der Waals surface area contributed by atoms with Gasteiger partial charge < -0.3 is 14.8 Å². The molecule has 0 amide bonds. The predicted molar refractivity (Wildman–Crippen MR) is 93.4 cm³/mol. The molecule has 0 atom stereocenters. The Morgan fingerprint density at radius 3 is 2.39 bits per heavy atom. The van der Waals surface area contributed by atoms with Gasteiger partial charge >= 0.3 is 0 Å². The van der Waals surface area contributed by atoms with Crippen molar-refractivity contribution in [3.8, 4) is 11.5 Å². The summed E-state index contributed by atoms with van der Waals surface area (Å²) in [5.41, 5.74) is 2.02. The third kappa shape index (κ3) is 5.22. The first-order valence-corrected chi connectivity index (χ1v) is 8.46. The van der Waals surface area contributed by atoms with Crippen molar-refractivity contribution in [2.45, 2.75) is 27.0 Å². The quantitative estimate of drug-likeness (QED) is 0.720. The summed E-state index contributed by atoms with van der Waals surface area (Å²) < 4.78 is 25.5. The first-order valence-electron chi connectivity index (χ1n) is 7.67. The van der Waals surface area contributed by atoms with E-state index in [9.17, 15) is 4.39 Å². The fraction of sp³-hybridized carbons (Fsp3) is 0.333. The highest BCUT2D eigenvalue weighted by molar-refractivity contribution is 9.10. The van der Waals surface area contributed by atoms with Crippen molar-refractivity contribution in [3.63, 3.8) is 0 Å². The average molecular weight is 382 g/mol. The van der Waals surface area contributed by atoms with Crippen LogP contribution in [0.1, 0.15) is 25.0 Å². The van der Waals surface area contributed by atoms with E-state index in [0.29, 0.717) is 24.7 Å². The van der Waals surface area contributed by atoms with Gasteiger partial charge in [-0.25, -0.2) is 4.39 Å². The summed E-state index contributed by atoms with van der Waals surface area (Å²) in [5.74, 6) is 1.13. The maximum absolute atomic E-state index is 12.9. The van der Waals surface area contributed by atoms with E-state index in [0.717, 1.165) is 28.7 Å². The predicted octanol–water partition coefficient (Wildman–Crippen LogP) is 4.68. The molecule has 1 N–H and O–H groups in total. The number of nitrogens with one attached hydrogen (secondary N) is 1. The van der Waals surface area contributed by atoms with Crippen molar-refractivity contribution >= 4 is 15.9 Å². The molecule has 0 unspecified atom stereocenters. The van der Waals surface area contributed by atoms with Crippen LogP contribution in [-0.2, 0) is 13.2 Å². The van der Waals surface area contributed by atoms with E-state index in [1.54, 1.807) is 12.1 Å². The van der Waals surface area contributed by atoms with Gasteiger partial charge in [0.15, 0.2) is 11.5 Å². The van der Waals surface area contributed by atoms with E-state index < -0.39 is 0 Å². The Hall–Kier alpha value is -1.59.